The summed E-state index contributed by atoms with van der Waals surface area (Å²) in [5, 5.41) is 0. The van der Waals surface area contributed by atoms with Crippen LogP contribution in [0.1, 0.15) is 0 Å². The van der Waals surface area contributed by atoms with Crippen molar-refractivity contribution in [2.75, 3.05) is 28.4 Å². The van der Waals surface area contributed by atoms with Gasteiger partial charge in [0.05, 0.1) is 14.2 Å². The van der Waals surface area contributed by atoms with Gasteiger partial charge in [0.2, 0.25) is 0 Å². The van der Waals surface area contributed by atoms with Crippen molar-refractivity contribution in [2.45, 2.75) is 6.29 Å². The van der Waals surface area contributed by atoms with Gasteiger partial charge in [0, 0.05) is 31.9 Å². The lowest BCUT2D eigenvalue weighted by molar-refractivity contribution is -0.136. The number of hydrogen-bond donors (Lipinski definition) is 0. The van der Waals surface area contributed by atoms with E-state index in [1.165, 1.54) is 34.5 Å². The van der Waals surface area contributed by atoms with Crippen LogP contribution in [-0.4, -0.2) is 46.7 Å². The minimum atomic E-state index is -0.769. The molecule has 0 aliphatic heterocycles. The number of rotatable bonds is 6. The van der Waals surface area contributed by atoms with Crippen LogP contribution in [0.25, 0.3) is 0 Å². The molecule has 0 spiro atoms. The van der Waals surface area contributed by atoms with Gasteiger partial charge in [-0.25, -0.2) is 9.59 Å². The summed E-state index contributed by atoms with van der Waals surface area (Å²) < 4.78 is 18.8. The van der Waals surface area contributed by atoms with Gasteiger partial charge < -0.3 is 18.9 Å². The second kappa shape index (κ2) is 8.49. The highest BCUT2D eigenvalue weighted by molar-refractivity contribution is 5.85. The van der Waals surface area contributed by atoms with Crippen molar-refractivity contribution in [2.24, 2.45) is 0 Å². The van der Waals surface area contributed by atoms with E-state index in [-0.39, 0.29) is 0 Å². The second-order valence-electron chi connectivity index (χ2n) is 2.83. The first-order valence-corrected chi connectivity index (χ1v) is 4.70. The Morgan fingerprint density at radius 1 is 0.882 bits per heavy atom. The van der Waals surface area contributed by atoms with Gasteiger partial charge in [0.25, 0.3) is 0 Å². The monoisotopic (exact) mass is 244 g/mol. The first-order valence-electron chi connectivity index (χ1n) is 4.70. The summed E-state index contributed by atoms with van der Waals surface area (Å²) in [5.41, 5.74) is 0.340. The average molecular weight is 244 g/mol. The standard InChI is InChI=1S/C11H16O6/c1-14-9(12)6-5-8(7-10(13)15-2)11(16-3)17-4/h5-7,11H,1-4H3/b6-5+,8-7+. The zero-order chi connectivity index (χ0) is 13.3. The van der Waals surface area contributed by atoms with Crippen LogP contribution >= 0.6 is 0 Å². The lowest BCUT2D eigenvalue weighted by Crippen LogP contribution is -2.16. The highest BCUT2D eigenvalue weighted by Crippen LogP contribution is 2.09. The molecule has 17 heavy (non-hydrogen) atoms. The van der Waals surface area contributed by atoms with Crippen molar-refractivity contribution >= 4 is 11.9 Å². The first-order chi connectivity index (χ1) is 8.08. The molecule has 96 valence electrons. The van der Waals surface area contributed by atoms with Crippen LogP contribution in [0.2, 0.25) is 0 Å². The summed E-state index contributed by atoms with van der Waals surface area (Å²) in [4.78, 5) is 22.0. The molecule has 0 heterocycles. The van der Waals surface area contributed by atoms with Crippen molar-refractivity contribution < 1.29 is 28.5 Å². The van der Waals surface area contributed by atoms with Crippen LogP contribution in [0.4, 0.5) is 0 Å². The topological polar surface area (TPSA) is 71.1 Å². The lowest BCUT2D eigenvalue weighted by Gasteiger charge is -2.14. The molecule has 0 aromatic heterocycles. The molecule has 6 heteroatoms. The number of hydrogen-bond acceptors (Lipinski definition) is 6. The lowest BCUT2D eigenvalue weighted by atomic mass is 10.2. The molecule has 0 aromatic carbocycles. The van der Waals surface area contributed by atoms with Crippen molar-refractivity contribution in [1.82, 2.24) is 0 Å². The Bertz CT molecular complexity index is 314. The molecular weight excluding hydrogens is 228 g/mol. The fourth-order valence-corrected chi connectivity index (χ4v) is 0.990. The third-order valence-corrected chi connectivity index (χ3v) is 1.80. The minimum Gasteiger partial charge on any atom is -0.466 e. The zero-order valence-corrected chi connectivity index (χ0v) is 10.3. The van der Waals surface area contributed by atoms with E-state index in [0.29, 0.717) is 5.57 Å². The molecule has 0 unspecified atom stereocenters. The summed E-state index contributed by atoms with van der Waals surface area (Å²) in [5.74, 6) is -1.12. The first kappa shape index (κ1) is 15.3. The molecule has 6 nitrogen and oxygen atoms in total. The van der Waals surface area contributed by atoms with Gasteiger partial charge in [-0.2, -0.15) is 0 Å². The van der Waals surface area contributed by atoms with Gasteiger partial charge in [-0.15, -0.1) is 0 Å². The van der Waals surface area contributed by atoms with E-state index < -0.39 is 18.2 Å². The molecule has 0 atom stereocenters. The van der Waals surface area contributed by atoms with Crippen LogP contribution < -0.4 is 0 Å². The van der Waals surface area contributed by atoms with E-state index in [4.69, 9.17) is 9.47 Å². The third-order valence-electron chi connectivity index (χ3n) is 1.80. The Morgan fingerprint density at radius 2 is 1.41 bits per heavy atom. The van der Waals surface area contributed by atoms with Gasteiger partial charge in [-0.3, -0.25) is 0 Å². The van der Waals surface area contributed by atoms with Gasteiger partial charge in [-0.1, -0.05) is 0 Å². The maximum atomic E-state index is 11.1. The SMILES string of the molecule is COC(=O)/C=C/C(=C\C(=O)OC)C(OC)OC. The van der Waals surface area contributed by atoms with Gasteiger partial charge in [-0.05, 0) is 6.08 Å². The van der Waals surface area contributed by atoms with Crippen LogP contribution in [0, 0.1) is 0 Å². The molecule has 0 rings (SSSR count). The number of carbonyl (C=O) groups is 2. The number of esters is 2. The fourth-order valence-electron chi connectivity index (χ4n) is 0.990. The normalized spacial score (nSPS) is 11.9. The Morgan fingerprint density at radius 3 is 1.82 bits per heavy atom. The van der Waals surface area contributed by atoms with Crippen molar-refractivity contribution in [3.8, 4) is 0 Å². The Hall–Kier alpha value is -1.66. The summed E-state index contributed by atoms with van der Waals surface area (Å²) >= 11 is 0. The Labute approximate surface area is 99.8 Å². The number of methoxy groups -OCH3 is 4. The summed E-state index contributed by atoms with van der Waals surface area (Å²) in [7, 11) is 5.31. The maximum Gasteiger partial charge on any atom is 0.330 e. The van der Waals surface area contributed by atoms with Gasteiger partial charge >= 0.3 is 11.9 Å². The van der Waals surface area contributed by atoms with Gasteiger partial charge in [0.1, 0.15) is 0 Å². The number of carbonyl (C=O) groups excluding carboxylic acids is 2. The fraction of sp³-hybridized carbons (Fsp3) is 0.455. The average Bonchev–Trinajstić information content (AvgIpc) is 2.36. The number of ether oxygens (including phenoxy) is 4. The quantitative estimate of drug-likeness (QED) is 0.292. The summed E-state index contributed by atoms with van der Waals surface area (Å²) in [6.45, 7) is 0. The highest BCUT2D eigenvalue weighted by atomic mass is 16.7. The van der Waals surface area contributed by atoms with Crippen molar-refractivity contribution in [3.05, 3.63) is 23.8 Å². The minimum absolute atomic E-state index is 0.340. The van der Waals surface area contributed by atoms with E-state index in [1.807, 2.05) is 0 Å². The molecule has 0 saturated heterocycles. The summed E-state index contributed by atoms with van der Waals surface area (Å²) in [6, 6.07) is 0. The zero-order valence-electron chi connectivity index (χ0n) is 10.3. The Balaban J connectivity index is 4.97. The van der Waals surface area contributed by atoms with Crippen LogP contribution in [-0.2, 0) is 28.5 Å². The molecule has 0 saturated carbocycles. The van der Waals surface area contributed by atoms with Crippen LogP contribution in [0.5, 0.6) is 0 Å². The maximum absolute atomic E-state index is 11.1. The smallest absolute Gasteiger partial charge is 0.330 e. The molecule has 0 aliphatic carbocycles. The second-order valence-corrected chi connectivity index (χ2v) is 2.83. The van der Waals surface area contributed by atoms with Gasteiger partial charge in [0.15, 0.2) is 6.29 Å². The Kier molecular flexibility index (Phi) is 7.66. The van der Waals surface area contributed by atoms with E-state index >= 15 is 0 Å². The molecular formula is C11H16O6. The molecule has 0 bridgehead atoms. The predicted octanol–water partition coefficient (Wildman–Crippen LogP) is 0.434. The van der Waals surface area contributed by atoms with Crippen LogP contribution in [0.15, 0.2) is 23.8 Å². The third kappa shape index (κ3) is 5.84. The molecule has 0 aliphatic rings. The molecule has 0 amide bonds. The predicted molar refractivity (Wildman–Crippen MR) is 59.1 cm³/mol. The molecule has 0 N–H and O–H groups in total. The van der Waals surface area contributed by atoms with E-state index in [2.05, 4.69) is 9.47 Å². The van der Waals surface area contributed by atoms with Crippen LogP contribution in [0.3, 0.4) is 0 Å². The largest absolute Gasteiger partial charge is 0.466 e. The summed E-state index contributed by atoms with van der Waals surface area (Å²) in [6.07, 6.45) is 2.91. The molecule has 0 fully saturated rings. The molecule has 0 aromatic rings. The highest BCUT2D eigenvalue weighted by Gasteiger charge is 2.12. The van der Waals surface area contributed by atoms with Crippen molar-refractivity contribution in [3.63, 3.8) is 0 Å². The van der Waals surface area contributed by atoms with E-state index in [0.717, 1.165) is 12.2 Å². The van der Waals surface area contributed by atoms with E-state index in [9.17, 15) is 9.59 Å². The van der Waals surface area contributed by atoms with Crippen molar-refractivity contribution in [1.29, 1.82) is 0 Å². The van der Waals surface area contributed by atoms with E-state index in [1.54, 1.807) is 0 Å². The molecule has 0 radical (unpaired) electrons.